The molecule has 0 unspecified atom stereocenters. The van der Waals surface area contributed by atoms with Gasteiger partial charge in [0.25, 0.3) is 5.91 Å². The van der Waals surface area contributed by atoms with Crippen LogP contribution in [-0.4, -0.2) is 58.1 Å². The average Bonchev–Trinajstić information content (AvgIpc) is 2.56. The molecule has 0 aromatic carbocycles. The van der Waals surface area contributed by atoms with E-state index in [2.05, 4.69) is 5.10 Å². The lowest BCUT2D eigenvalue weighted by molar-refractivity contribution is -0.129. The molecule has 7 nitrogen and oxygen atoms in total. The Bertz CT molecular complexity index is 462. The Labute approximate surface area is 105 Å². The van der Waals surface area contributed by atoms with Gasteiger partial charge in [0, 0.05) is 27.2 Å². The highest BCUT2D eigenvalue weighted by Gasteiger charge is 2.26. The number of likely N-dealkylation sites (N-methyl/N-ethyl adjacent to an activating group) is 1. The summed E-state index contributed by atoms with van der Waals surface area (Å²) in [5, 5.41) is 3.94. The van der Waals surface area contributed by atoms with Gasteiger partial charge >= 0.3 is 0 Å². The van der Waals surface area contributed by atoms with Crippen LogP contribution in [0.3, 0.4) is 0 Å². The molecule has 1 fully saturated rings. The molecule has 2 N–H and O–H groups in total. The summed E-state index contributed by atoms with van der Waals surface area (Å²) < 4.78 is 1.44. The van der Waals surface area contributed by atoms with Crippen LogP contribution in [0.25, 0.3) is 0 Å². The second kappa shape index (κ2) is 4.67. The summed E-state index contributed by atoms with van der Waals surface area (Å²) in [7, 11) is 3.41. The number of aryl methyl sites for hydroxylation is 1. The molecule has 1 aromatic heterocycles. The molecule has 0 atom stereocenters. The third-order valence-corrected chi connectivity index (χ3v) is 3.13. The molecule has 1 saturated heterocycles. The number of amides is 2. The van der Waals surface area contributed by atoms with Crippen molar-refractivity contribution in [2.75, 3.05) is 32.4 Å². The van der Waals surface area contributed by atoms with E-state index in [1.54, 1.807) is 19.0 Å². The van der Waals surface area contributed by atoms with Gasteiger partial charge in [-0.05, 0) is 6.42 Å². The van der Waals surface area contributed by atoms with Crippen LogP contribution >= 0.6 is 0 Å². The van der Waals surface area contributed by atoms with Gasteiger partial charge in [0.05, 0.1) is 11.9 Å². The number of carbonyl (C=O) groups is 2. The fourth-order valence-electron chi connectivity index (χ4n) is 2.03. The molecule has 0 saturated carbocycles. The minimum Gasteiger partial charge on any atom is -0.396 e. The van der Waals surface area contributed by atoms with Crippen LogP contribution in [0.1, 0.15) is 16.9 Å². The number of hydrogen-bond donors (Lipinski definition) is 1. The average molecular weight is 251 g/mol. The van der Waals surface area contributed by atoms with E-state index in [4.69, 9.17) is 5.73 Å². The molecular weight excluding hydrogens is 234 g/mol. The van der Waals surface area contributed by atoms with Crippen LogP contribution in [-0.2, 0) is 11.8 Å². The number of carbonyl (C=O) groups excluding carboxylic acids is 2. The maximum absolute atomic E-state index is 12.3. The predicted octanol–water partition coefficient (Wildman–Crippen LogP) is -0.693. The Morgan fingerprint density at radius 1 is 1.39 bits per heavy atom. The Balaban J connectivity index is 2.21. The van der Waals surface area contributed by atoms with Gasteiger partial charge in [-0.1, -0.05) is 0 Å². The molecule has 2 amide bonds. The monoisotopic (exact) mass is 251 g/mol. The van der Waals surface area contributed by atoms with Crippen LogP contribution in [0.5, 0.6) is 0 Å². The molecule has 98 valence electrons. The Kier molecular flexibility index (Phi) is 3.22. The van der Waals surface area contributed by atoms with Crippen molar-refractivity contribution < 1.29 is 9.59 Å². The molecule has 0 radical (unpaired) electrons. The molecular formula is C11H17N5O2. The summed E-state index contributed by atoms with van der Waals surface area (Å²) in [6, 6.07) is 0. The largest absolute Gasteiger partial charge is 0.396 e. The van der Waals surface area contributed by atoms with E-state index >= 15 is 0 Å². The molecule has 2 heterocycles. The van der Waals surface area contributed by atoms with E-state index in [0.29, 0.717) is 24.5 Å². The first-order valence-corrected chi connectivity index (χ1v) is 5.81. The summed E-state index contributed by atoms with van der Waals surface area (Å²) >= 11 is 0. The SMILES string of the molecule is CN1CCCN(C(=O)c2c(N)cnn2C)CC1=O. The van der Waals surface area contributed by atoms with Crippen molar-refractivity contribution in [1.82, 2.24) is 19.6 Å². The number of nitrogen functional groups attached to an aromatic ring is 1. The van der Waals surface area contributed by atoms with Crippen molar-refractivity contribution in [1.29, 1.82) is 0 Å². The number of nitrogens with zero attached hydrogens (tertiary/aromatic N) is 4. The maximum atomic E-state index is 12.3. The molecule has 2 rings (SSSR count). The van der Waals surface area contributed by atoms with Crippen molar-refractivity contribution in [2.24, 2.45) is 7.05 Å². The fraction of sp³-hybridized carbons (Fsp3) is 0.545. The zero-order valence-corrected chi connectivity index (χ0v) is 10.6. The van der Waals surface area contributed by atoms with Crippen molar-refractivity contribution in [3.05, 3.63) is 11.9 Å². The van der Waals surface area contributed by atoms with E-state index in [1.807, 2.05) is 0 Å². The molecule has 0 bridgehead atoms. The number of aromatic nitrogens is 2. The minimum atomic E-state index is -0.240. The second-order valence-electron chi connectivity index (χ2n) is 4.47. The highest BCUT2D eigenvalue weighted by atomic mass is 16.2. The maximum Gasteiger partial charge on any atom is 0.274 e. The zero-order chi connectivity index (χ0) is 13.3. The van der Waals surface area contributed by atoms with E-state index in [-0.39, 0.29) is 18.4 Å². The van der Waals surface area contributed by atoms with Crippen molar-refractivity contribution in [2.45, 2.75) is 6.42 Å². The van der Waals surface area contributed by atoms with Crippen LogP contribution in [0.2, 0.25) is 0 Å². The van der Waals surface area contributed by atoms with Gasteiger partial charge in [-0.15, -0.1) is 0 Å². The van der Waals surface area contributed by atoms with E-state index in [9.17, 15) is 9.59 Å². The molecule has 0 aliphatic carbocycles. The quantitative estimate of drug-likeness (QED) is 0.715. The highest BCUT2D eigenvalue weighted by molar-refractivity contribution is 5.99. The van der Waals surface area contributed by atoms with Crippen LogP contribution < -0.4 is 5.73 Å². The van der Waals surface area contributed by atoms with E-state index < -0.39 is 0 Å². The van der Waals surface area contributed by atoms with Gasteiger partial charge in [0.2, 0.25) is 5.91 Å². The lowest BCUT2D eigenvalue weighted by Gasteiger charge is -2.20. The summed E-state index contributed by atoms with van der Waals surface area (Å²) in [4.78, 5) is 27.2. The first kappa shape index (κ1) is 12.4. The first-order chi connectivity index (χ1) is 8.50. The van der Waals surface area contributed by atoms with Crippen molar-refractivity contribution in [3.8, 4) is 0 Å². The third-order valence-electron chi connectivity index (χ3n) is 3.13. The summed E-state index contributed by atoms with van der Waals surface area (Å²) in [6.45, 7) is 1.32. The second-order valence-corrected chi connectivity index (χ2v) is 4.47. The third kappa shape index (κ3) is 2.15. The van der Waals surface area contributed by atoms with E-state index in [0.717, 1.165) is 6.42 Å². The van der Waals surface area contributed by atoms with Gasteiger partial charge in [-0.3, -0.25) is 14.3 Å². The van der Waals surface area contributed by atoms with Gasteiger partial charge in [0.15, 0.2) is 0 Å². The predicted molar refractivity (Wildman–Crippen MR) is 65.8 cm³/mol. The zero-order valence-electron chi connectivity index (χ0n) is 10.6. The summed E-state index contributed by atoms with van der Waals surface area (Å²) in [5.74, 6) is -0.294. The van der Waals surface area contributed by atoms with Gasteiger partial charge in [-0.25, -0.2) is 0 Å². The molecule has 0 spiro atoms. The Morgan fingerprint density at radius 3 is 2.72 bits per heavy atom. The number of nitrogens with two attached hydrogens (primary N) is 1. The molecule has 7 heteroatoms. The Hall–Kier alpha value is -2.05. The standard InChI is InChI=1S/C11H17N5O2/c1-14-4-3-5-16(7-9(14)17)11(18)10-8(12)6-13-15(10)2/h6H,3-5,7,12H2,1-2H3. The molecule has 18 heavy (non-hydrogen) atoms. The van der Waals surface area contributed by atoms with Crippen LogP contribution in [0.15, 0.2) is 6.20 Å². The van der Waals surface area contributed by atoms with Crippen molar-refractivity contribution in [3.63, 3.8) is 0 Å². The number of rotatable bonds is 1. The van der Waals surface area contributed by atoms with Crippen LogP contribution in [0, 0.1) is 0 Å². The van der Waals surface area contributed by atoms with Gasteiger partial charge in [0.1, 0.15) is 12.2 Å². The van der Waals surface area contributed by atoms with Gasteiger partial charge in [-0.2, -0.15) is 5.10 Å². The normalized spacial score (nSPS) is 16.9. The lowest BCUT2D eigenvalue weighted by Crippen LogP contribution is -2.39. The van der Waals surface area contributed by atoms with Crippen molar-refractivity contribution >= 4 is 17.5 Å². The summed E-state index contributed by atoms with van der Waals surface area (Å²) in [5.41, 5.74) is 6.40. The highest BCUT2D eigenvalue weighted by Crippen LogP contribution is 2.14. The number of hydrogen-bond acceptors (Lipinski definition) is 4. The number of anilines is 1. The molecule has 1 aliphatic rings. The smallest absolute Gasteiger partial charge is 0.274 e. The molecule has 1 aromatic rings. The summed E-state index contributed by atoms with van der Waals surface area (Å²) in [6.07, 6.45) is 2.21. The van der Waals surface area contributed by atoms with Gasteiger partial charge < -0.3 is 15.5 Å². The lowest BCUT2D eigenvalue weighted by atomic mass is 10.3. The van der Waals surface area contributed by atoms with E-state index in [1.165, 1.54) is 15.8 Å². The Morgan fingerprint density at radius 2 is 2.11 bits per heavy atom. The van der Waals surface area contributed by atoms with Crippen LogP contribution in [0.4, 0.5) is 5.69 Å². The molecule has 1 aliphatic heterocycles. The first-order valence-electron chi connectivity index (χ1n) is 5.81. The fourth-order valence-corrected chi connectivity index (χ4v) is 2.03. The minimum absolute atomic E-state index is 0.0541. The topological polar surface area (TPSA) is 84.5 Å².